The number of likely N-dealkylation sites (tertiary alicyclic amines) is 2. The Balaban J connectivity index is 0.988. The summed E-state index contributed by atoms with van der Waals surface area (Å²) in [6.07, 6.45) is 9.93. The summed E-state index contributed by atoms with van der Waals surface area (Å²) in [4.78, 5) is 20.8. The van der Waals surface area contributed by atoms with E-state index in [4.69, 9.17) is 21.1 Å². The van der Waals surface area contributed by atoms with E-state index in [0.29, 0.717) is 36.7 Å². The summed E-state index contributed by atoms with van der Waals surface area (Å²) < 4.78 is 11.5. The van der Waals surface area contributed by atoms with Crippen LogP contribution in [0.15, 0.2) is 12.1 Å². The van der Waals surface area contributed by atoms with Gasteiger partial charge in [-0.2, -0.15) is 0 Å². The third-order valence-corrected chi connectivity index (χ3v) is 10.7. The Morgan fingerprint density at radius 1 is 1.19 bits per heavy atom. The molecule has 11 heteroatoms. The molecule has 3 saturated heterocycles. The molecule has 4 N–H and O–H groups in total. The molecule has 0 spiro atoms. The first-order valence-corrected chi connectivity index (χ1v) is 17.0. The van der Waals surface area contributed by atoms with Crippen molar-refractivity contribution in [1.29, 1.82) is 0 Å². The van der Waals surface area contributed by atoms with Gasteiger partial charge in [0.15, 0.2) is 0 Å². The lowest BCUT2D eigenvalue weighted by atomic mass is 9.87. The first kappa shape index (κ1) is 31.5. The number of halogens is 1. The minimum absolute atomic E-state index is 0.0468. The Morgan fingerprint density at radius 3 is 2.77 bits per heavy atom. The summed E-state index contributed by atoms with van der Waals surface area (Å²) in [6, 6.07) is 4.60. The van der Waals surface area contributed by atoms with E-state index in [1.165, 1.54) is 44.1 Å². The fraction of sp³-hybridized carbons (Fsp3) is 0.781. The topological polar surface area (TPSA) is 102 Å². The highest BCUT2D eigenvalue weighted by Crippen LogP contribution is 2.35. The van der Waals surface area contributed by atoms with Crippen LogP contribution in [-0.2, 0) is 22.5 Å². The van der Waals surface area contributed by atoms with Gasteiger partial charge in [0.2, 0.25) is 5.91 Å². The van der Waals surface area contributed by atoms with Gasteiger partial charge in [0.25, 0.3) is 0 Å². The first-order valence-electron chi connectivity index (χ1n) is 16.6. The van der Waals surface area contributed by atoms with E-state index < -0.39 is 6.10 Å². The minimum atomic E-state index is -0.628. The largest absolute Gasteiger partial charge is 0.489 e. The van der Waals surface area contributed by atoms with Crippen LogP contribution in [0.5, 0.6) is 5.75 Å². The third kappa shape index (κ3) is 7.84. The zero-order valence-corrected chi connectivity index (χ0v) is 26.5. The highest BCUT2D eigenvalue weighted by Gasteiger charge is 2.40. The molecule has 0 radical (unpaired) electrons. The minimum Gasteiger partial charge on any atom is -0.489 e. The van der Waals surface area contributed by atoms with Crippen LogP contribution >= 0.6 is 11.6 Å². The molecule has 6 rings (SSSR count). The Kier molecular flexibility index (Phi) is 10.8. The number of fused-ring (bicyclic) bond motifs is 1. The van der Waals surface area contributed by atoms with Gasteiger partial charge in [-0.15, -0.1) is 0 Å². The van der Waals surface area contributed by atoms with Crippen molar-refractivity contribution in [3.63, 3.8) is 0 Å². The van der Waals surface area contributed by atoms with Crippen molar-refractivity contribution in [2.24, 2.45) is 5.92 Å². The van der Waals surface area contributed by atoms with Crippen molar-refractivity contribution in [3.8, 4) is 5.75 Å². The number of aliphatic hydroxyl groups is 1. The summed E-state index contributed by atoms with van der Waals surface area (Å²) in [7, 11) is 2.23. The molecule has 1 aromatic carbocycles. The van der Waals surface area contributed by atoms with E-state index in [2.05, 4.69) is 43.8 Å². The first-order chi connectivity index (χ1) is 20.9. The summed E-state index contributed by atoms with van der Waals surface area (Å²) in [6.45, 7) is 6.36. The normalized spacial score (nSPS) is 30.0. The number of aliphatic hydroxyl groups excluding tert-OH is 1. The molecular formula is C32H51ClN6O4. The Bertz CT molecular complexity index is 1080. The summed E-state index contributed by atoms with van der Waals surface area (Å²) >= 11 is 6.73. The molecule has 1 amide bonds. The van der Waals surface area contributed by atoms with Gasteiger partial charge in [-0.3, -0.25) is 30.1 Å². The maximum Gasteiger partial charge on any atom is 0.223 e. The molecule has 5 aliphatic rings. The third-order valence-electron chi connectivity index (χ3n) is 10.3. The van der Waals surface area contributed by atoms with Crippen LogP contribution in [0.3, 0.4) is 0 Å². The number of amides is 1. The van der Waals surface area contributed by atoms with Crippen LogP contribution in [0.1, 0.15) is 62.5 Å². The zero-order valence-electron chi connectivity index (χ0n) is 25.7. The average molecular weight is 619 g/mol. The molecule has 10 nitrogen and oxygen atoms in total. The van der Waals surface area contributed by atoms with Gasteiger partial charge in [-0.05, 0) is 82.3 Å². The summed E-state index contributed by atoms with van der Waals surface area (Å²) in [5, 5.41) is 21.7. The number of hydrogen-bond donors (Lipinski definition) is 4. The van der Waals surface area contributed by atoms with Crippen molar-refractivity contribution in [2.45, 2.75) is 94.9 Å². The molecule has 0 bridgehead atoms. The zero-order chi connectivity index (χ0) is 29.8. The van der Waals surface area contributed by atoms with Gasteiger partial charge in [0.05, 0.1) is 30.2 Å². The Hall–Kier alpha value is -1.50. The van der Waals surface area contributed by atoms with Crippen LogP contribution in [-0.4, -0.2) is 116 Å². The fourth-order valence-corrected chi connectivity index (χ4v) is 7.75. The van der Waals surface area contributed by atoms with Gasteiger partial charge in [-0.1, -0.05) is 30.5 Å². The molecule has 240 valence electrons. The second-order valence-electron chi connectivity index (χ2n) is 13.3. The quantitative estimate of drug-likeness (QED) is 0.297. The van der Waals surface area contributed by atoms with Crippen molar-refractivity contribution in [2.75, 3.05) is 59.7 Å². The van der Waals surface area contributed by atoms with Gasteiger partial charge in [0, 0.05) is 44.7 Å². The predicted molar refractivity (Wildman–Crippen MR) is 167 cm³/mol. The van der Waals surface area contributed by atoms with Gasteiger partial charge in [0.1, 0.15) is 18.5 Å². The molecular weight excluding hydrogens is 568 g/mol. The van der Waals surface area contributed by atoms with Gasteiger partial charge in [-0.25, -0.2) is 0 Å². The highest BCUT2D eigenvalue weighted by atomic mass is 35.5. The average Bonchev–Trinajstić information content (AvgIpc) is 3.52. The maximum atomic E-state index is 13.5. The van der Waals surface area contributed by atoms with E-state index in [-0.39, 0.29) is 36.8 Å². The van der Waals surface area contributed by atoms with Crippen LogP contribution < -0.4 is 20.7 Å². The number of rotatable bonds is 11. The molecule has 4 unspecified atom stereocenters. The van der Waals surface area contributed by atoms with Gasteiger partial charge < -0.3 is 19.9 Å². The monoisotopic (exact) mass is 618 g/mol. The van der Waals surface area contributed by atoms with E-state index in [1.807, 2.05) is 6.07 Å². The molecule has 1 aromatic rings. The van der Waals surface area contributed by atoms with E-state index >= 15 is 0 Å². The summed E-state index contributed by atoms with van der Waals surface area (Å²) in [5.41, 5.74) is 2.29. The van der Waals surface area contributed by atoms with Crippen molar-refractivity contribution >= 4 is 17.5 Å². The SMILES string of the molecule is CN1C(NC2CCC2)CC(C(=O)NC[C@H](O)CN2CCc3c(ccc(OCC4CNCO4)c3Cl)C2)CC1N1CCCCC1. The van der Waals surface area contributed by atoms with Crippen LogP contribution in [0.4, 0.5) is 0 Å². The van der Waals surface area contributed by atoms with Gasteiger partial charge >= 0.3 is 0 Å². The van der Waals surface area contributed by atoms with E-state index in [1.54, 1.807) is 0 Å². The lowest BCUT2D eigenvalue weighted by Gasteiger charge is -2.50. The van der Waals surface area contributed by atoms with Crippen molar-refractivity contribution in [3.05, 3.63) is 28.3 Å². The molecule has 43 heavy (non-hydrogen) atoms. The second-order valence-corrected chi connectivity index (χ2v) is 13.7. The number of nitrogens with zero attached hydrogens (tertiary/aromatic N) is 3. The fourth-order valence-electron chi connectivity index (χ4n) is 7.42. The molecule has 5 atom stereocenters. The van der Waals surface area contributed by atoms with E-state index in [9.17, 15) is 9.90 Å². The van der Waals surface area contributed by atoms with Crippen LogP contribution in [0.25, 0.3) is 0 Å². The molecule has 4 heterocycles. The molecule has 1 aliphatic carbocycles. The second kappa shape index (κ2) is 14.7. The maximum absolute atomic E-state index is 13.5. The Morgan fingerprint density at radius 2 is 2.02 bits per heavy atom. The van der Waals surface area contributed by atoms with E-state index in [0.717, 1.165) is 57.5 Å². The number of carbonyl (C=O) groups is 1. The number of nitrogens with one attached hydrogen (secondary N) is 3. The van der Waals surface area contributed by atoms with Crippen LogP contribution in [0.2, 0.25) is 5.02 Å². The lowest BCUT2D eigenvalue weighted by molar-refractivity contribution is -0.132. The lowest BCUT2D eigenvalue weighted by Crippen LogP contribution is -2.63. The number of β-amino-alcohol motifs (C(OH)–C–C–N with tert-alkyl or cyclic N) is 1. The standard InChI is InChI=1S/C32H51ClN6O4/c1-37-29(36-24-6-5-7-24)14-23(15-30(37)39-11-3-2-4-12-39)32(41)35-16-25(40)19-38-13-10-27-22(18-38)8-9-28(31(27)33)42-20-26-17-34-21-43-26/h8-9,23-26,29-30,34,36,40H,2-7,10-21H2,1H3,(H,35,41)/t23?,25-,26?,29?,30?/m0/s1. The molecule has 4 aliphatic heterocycles. The number of ether oxygens (including phenoxy) is 2. The van der Waals surface area contributed by atoms with Crippen molar-refractivity contribution in [1.82, 2.24) is 30.7 Å². The summed E-state index contributed by atoms with van der Waals surface area (Å²) in [5.74, 6) is 0.732. The number of hydrogen-bond acceptors (Lipinski definition) is 9. The molecule has 0 aromatic heterocycles. The Labute approximate surface area is 261 Å². The molecule has 4 fully saturated rings. The highest BCUT2D eigenvalue weighted by molar-refractivity contribution is 6.33. The molecule has 1 saturated carbocycles. The smallest absolute Gasteiger partial charge is 0.223 e. The number of piperidine rings is 2. The number of benzene rings is 1. The number of carbonyl (C=O) groups excluding carboxylic acids is 1. The van der Waals surface area contributed by atoms with Crippen molar-refractivity contribution < 1.29 is 19.4 Å². The predicted octanol–water partition coefficient (Wildman–Crippen LogP) is 2.12. The van der Waals surface area contributed by atoms with Crippen LogP contribution in [0, 0.1) is 5.92 Å².